The number of nitrogens with one attached hydrogen (secondary N) is 1. The molecule has 0 radical (unpaired) electrons. The van der Waals surface area contributed by atoms with E-state index in [0.29, 0.717) is 24.6 Å². The van der Waals surface area contributed by atoms with Crippen molar-refractivity contribution in [2.24, 2.45) is 0 Å². The molecule has 0 atom stereocenters. The van der Waals surface area contributed by atoms with Gasteiger partial charge in [-0.2, -0.15) is 10.1 Å². The molecule has 0 amide bonds. The third kappa shape index (κ3) is 3.52. The molecule has 1 aliphatic carbocycles. The maximum atomic E-state index is 13.2. The maximum Gasteiger partial charge on any atom is 0.248 e. The van der Waals surface area contributed by atoms with E-state index in [2.05, 4.69) is 20.4 Å². The summed E-state index contributed by atoms with van der Waals surface area (Å²) in [4.78, 5) is 8.47. The van der Waals surface area contributed by atoms with Crippen LogP contribution in [0, 0.1) is 6.92 Å². The Morgan fingerprint density at radius 3 is 2.68 bits per heavy atom. The summed E-state index contributed by atoms with van der Waals surface area (Å²) in [7, 11) is 0. The number of anilines is 1. The van der Waals surface area contributed by atoms with Crippen molar-refractivity contribution in [1.29, 1.82) is 0 Å². The SMILES string of the molecule is Cc1ccn(-c2cc(Cl)nc(NC3CCC(F)(F)CC3)n2)n1. The molecule has 8 heteroatoms. The van der Waals surface area contributed by atoms with Crippen molar-refractivity contribution in [1.82, 2.24) is 19.7 Å². The molecule has 2 aromatic heterocycles. The van der Waals surface area contributed by atoms with E-state index in [1.807, 2.05) is 13.0 Å². The summed E-state index contributed by atoms with van der Waals surface area (Å²) >= 11 is 6.02. The number of aromatic nitrogens is 4. The lowest BCUT2D eigenvalue weighted by Gasteiger charge is -2.28. The van der Waals surface area contributed by atoms with Crippen LogP contribution >= 0.6 is 11.6 Å². The lowest BCUT2D eigenvalue weighted by Crippen LogP contribution is -2.32. The molecule has 2 aromatic rings. The number of aryl methyl sites for hydroxylation is 1. The molecular weight excluding hydrogens is 312 g/mol. The number of nitrogens with zero attached hydrogens (tertiary/aromatic N) is 4. The molecule has 3 rings (SSSR count). The average molecular weight is 328 g/mol. The molecule has 5 nitrogen and oxygen atoms in total. The van der Waals surface area contributed by atoms with Crippen LogP contribution in [0.4, 0.5) is 14.7 Å². The zero-order chi connectivity index (χ0) is 15.7. The van der Waals surface area contributed by atoms with Crippen LogP contribution in [0.3, 0.4) is 0 Å². The fourth-order valence-corrected chi connectivity index (χ4v) is 2.68. The van der Waals surface area contributed by atoms with E-state index < -0.39 is 5.92 Å². The minimum Gasteiger partial charge on any atom is -0.351 e. The van der Waals surface area contributed by atoms with Crippen molar-refractivity contribution in [3.8, 4) is 5.82 Å². The van der Waals surface area contributed by atoms with Gasteiger partial charge < -0.3 is 5.32 Å². The van der Waals surface area contributed by atoms with E-state index in [4.69, 9.17) is 11.6 Å². The Morgan fingerprint density at radius 1 is 1.32 bits per heavy atom. The molecule has 0 spiro atoms. The molecule has 22 heavy (non-hydrogen) atoms. The average Bonchev–Trinajstić information content (AvgIpc) is 2.87. The van der Waals surface area contributed by atoms with E-state index >= 15 is 0 Å². The summed E-state index contributed by atoms with van der Waals surface area (Å²) in [6, 6.07) is 3.39. The van der Waals surface area contributed by atoms with Gasteiger partial charge in [-0.3, -0.25) is 0 Å². The maximum absolute atomic E-state index is 13.2. The van der Waals surface area contributed by atoms with Crippen LogP contribution < -0.4 is 5.32 Å². The van der Waals surface area contributed by atoms with E-state index in [-0.39, 0.29) is 24.0 Å². The molecule has 0 saturated heterocycles. The fourth-order valence-electron chi connectivity index (χ4n) is 2.50. The first-order valence-corrected chi connectivity index (χ1v) is 7.51. The highest BCUT2D eigenvalue weighted by atomic mass is 35.5. The predicted octanol–water partition coefficient (Wildman–Crippen LogP) is 3.61. The Bertz CT molecular complexity index is 663. The molecule has 0 unspecified atom stereocenters. The lowest BCUT2D eigenvalue weighted by molar-refractivity contribution is -0.0361. The van der Waals surface area contributed by atoms with Crippen molar-refractivity contribution in [2.45, 2.75) is 44.6 Å². The van der Waals surface area contributed by atoms with Crippen molar-refractivity contribution in [3.05, 3.63) is 29.2 Å². The Hall–Kier alpha value is -1.76. The van der Waals surface area contributed by atoms with Crippen LogP contribution in [0.5, 0.6) is 0 Å². The summed E-state index contributed by atoms with van der Waals surface area (Å²) in [5.41, 5.74) is 0.860. The normalized spacial score (nSPS) is 18.4. The standard InChI is InChI=1S/C14H16ClF2N5/c1-9-4-7-22(21-9)12-8-11(15)19-13(20-12)18-10-2-5-14(16,17)6-3-10/h4,7-8,10H,2-3,5-6H2,1H3,(H,18,19,20). The van der Waals surface area contributed by atoms with Gasteiger partial charge in [-0.1, -0.05) is 11.6 Å². The van der Waals surface area contributed by atoms with Crippen molar-refractivity contribution >= 4 is 17.5 Å². The molecule has 1 N–H and O–H groups in total. The second-order valence-electron chi connectivity index (χ2n) is 5.55. The molecular formula is C14H16ClF2N5. The topological polar surface area (TPSA) is 55.6 Å². The number of hydrogen-bond acceptors (Lipinski definition) is 4. The Morgan fingerprint density at radius 2 is 2.05 bits per heavy atom. The summed E-state index contributed by atoms with van der Waals surface area (Å²) in [5, 5.41) is 7.64. The minimum atomic E-state index is -2.55. The van der Waals surface area contributed by atoms with Crippen LogP contribution in [0.15, 0.2) is 18.3 Å². The van der Waals surface area contributed by atoms with Gasteiger partial charge in [-0.15, -0.1) is 0 Å². The zero-order valence-corrected chi connectivity index (χ0v) is 12.8. The summed E-state index contributed by atoms with van der Waals surface area (Å²) < 4.78 is 28.0. The van der Waals surface area contributed by atoms with E-state index in [1.165, 1.54) is 0 Å². The monoisotopic (exact) mass is 327 g/mol. The first-order valence-electron chi connectivity index (χ1n) is 7.13. The van der Waals surface area contributed by atoms with Crippen LogP contribution in [-0.4, -0.2) is 31.7 Å². The van der Waals surface area contributed by atoms with Crippen molar-refractivity contribution < 1.29 is 8.78 Å². The highest BCUT2D eigenvalue weighted by Gasteiger charge is 2.35. The molecule has 1 saturated carbocycles. The van der Waals surface area contributed by atoms with Gasteiger partial charge in [0.2, 0.25) is 11.9 Å². The van der Waals surface area contributed by atoms with Crippen molar-refractivity contribution in [3.63, 3.8) is 0 Å². The highest BCUT2D eigenvalue weighted by molar-refractivity contribution is 6.29. The largest absolute Gasteiger partial charge is 0.351 e. The minimum absolute atomic E-state index is 0.0645. The Balaban J connectivity index is 1.76. The Kier molecular flexibility index (Phi) is 3.99. The Labute approximate surface area is 131 Å². The van der Waals surface area contributed by atoms with Gasteiger partial charge >= 0.3 is 0 Å². The third-order valence-corrected chi connectivity index (χ3v) is 3.88. The molecule has 0 aliphatic heterocycles. The van der Waals surface area contributed by atoms with Gasteiger partial charge in [0.1, 0.15) is 5.15 Å². The summed E-state index contributed by atoms with van der Waals surface area (Å²) in [6.45, 7) is 1.88. The van der Waals surface area contributed by atoms with Crippen molar-refractivity contribution in [2.75, 3.05) is 5.32 Å². The number of rotatable bonds is 3. The van der Waals surface area contributed by atoms with E-state index in [9.17, 15) is 8.78 Å². The van der Waals surface area contributed by atoms with Crippen LogP contribution in [0.2, 0.25) is 5.15 Å². The van der Waals surface area contributed by atoms with Crippen LogP contribution in [0.25, 0.3) is 5.82 Å². The lowest BCUT2D eigenvalue weighted by atomic mass is 9.92. The van der Waals surface area contributed by atoms with Gasteiger partial charge in [0.15, 0.2) is 5.82 Å². The van der Waals surface area contributed by atoms with Gasteiger partial charge in [-0.25, -0.2) is 18.4 Å². The zero-order valence-electron chi connectivity index (χ0n) is 12.1. The second-order valence-corrected chi connectivity index (χ2v) is 5.94. The summed E-state index contributed by atoms with van der Waals surface area (Å²) in [5.74, 6) is -1.67. The molecule has 0 bridgehead atoms. The second kappa shape index (κ2) is 5.79. The molecule has 0 aromatic carbocycles. The molecule has 118 valence electrons. The van der Waals surface area contributed by atoms with Gasteiger partial charge in [0.05, 0.1) is 5.69 Å². The van der Waals surface area contributed by atoms with E-state index in [1.54, 1.807) is 16.9 Å². The number of halogens is 3. The van der Waals surface area contributed by atoms with Gasteiger partial charge in [0, 0.05) is 31.1 Å². The fraction of sp³-hybridized carbons (Fsp3) is 0.500. The van der Waals surface area contributed by atoms with Gasteiger partial charge in [0.25, 0.3) is 0 Å². The smallest absolute Gasteiger partial charge is 0.248 e. The van der Waals surface area contributed by atoms with Gasteiger partial charge in [-0.05, 0) is 25.8 Å². The first kappa shape index (κ1) is 15.1. The predicted molar refractivity (Wildman–Crippen MR) is 79.7 cm³/mol. The van der Waals surface area contributed by atoms with Crippen LogP contribution in [0.1, 0.15) is 31.4 Å². The third-order valence-electron chi connectivity index (χ3n) is 3.69. The quantitative estimate of drug-likeness (QED) is 0.875. The van der Waals surface area contributed by atoms with E-state index in [0.717, 1.165) is 5.69 Å². The molecule has 1 aliphatic rings. The molecule has 2 heterocycles. The first-order chi connectivity index (χ1) is 10.4. The van der Waals surface area contributed by atoms with Crippen LogP contribution in [-0.2, 0) is 0 Å². The highest BCUT2D eigenvalue weighted by Crippen LogP contribution is 2.34. The molecule has 1 fully saturated rings. The number of hydrogen-bond donors (Lipinski definition) is 1. The number of alkyl halides is 2. The summed E-state index contributed by atoms with van der Waals surface area (Å²) in [6.07, 6.45) is 2.32.